The number of nitrogen functional groups attached to an aromatic ring is 1. The Morgan fingerprint density at radius 3 is 3.11 bits per heavy atom. The number of carbonyl (C=O) groups is 1. The standard InChI is InChI=1S/C12H14N4O2/c1-18-6-8-7-4-16-5-11(17)15-12(16)14-10(7)3-2-9(8)13/h2-3H,4-6,13H2,1H3,(H,14,15,17). The van der Waals surface area contributed by atoms with Crippen molar-refractivity contribution in [2.45, 2.75) is 13.2 Å². The number of nitrogens with one attached hydrogen (secondary N) is 1. The maximum absolute atomic E-state index is 11.4. The molecular formula is C12H14N4O2. The van der Waals surface area contributed by atoms with Crippen molar-refractivity contribution in [3.63, 3.8) is 0 Å². The molecule has 0 aromatic heterocycles. The summed E-state index contributed by atoms with van der Waals surface area (Å²) in [7, 11) is 1.64. The molecule has 0 bridgehead atoms. The van der Waals surface area contributed by atoms with Gasteiger partial charge in [0, 0.05) is 30.5 Å². The summed E-state index contributed by atoms with van der Waals surface area (Å²) in [4.78, 5) is 17.7. The van der Waals surface area contributed by atoms with Gasteiger partial charge in [-0.3, -0.25) is 10.1 Å². The van der Waals surface area contributed by atoms with E-state index in [9.17, 15) is 4.79 Å². The Kier molecular flexibility index (Phi) is 2.45. The highest BCUT2D eigenvalue weighted by Gasteiger charge is 2.30. The van der Waals surface area contributed by atoms with Gasteiger partial charge in [0.1, 0.15) is 6.54 Å². The maximum atomic E-state index is 11.4. The normalized spacial score (nSPS) is 17.1. The predicted molar refractivity (Wildman–Crippen MR) is 67.2 cm³/mol. The van der Waals surface area contributed by atoms with Gasteiger partial charge >= 0.3 is 0 Å². The summed E-state index contributed by atoms with van der Waals surface area (Å²) < 4.78 is 5.18. The SMILES string of the molecule is COCc1c(N)ccc2c1CN1CC(=O)NC1=N2. The van der Waals surface area contributed by atoms with E-state index in [1.807, 2.05) is 17.0 Å². The lowest BCUT2D eigenvalue weighted by molar-refractivity contribution is -0.118. The number of anilines is 1. The molecular weight excluding hydrogens is 232 g/mol. The van der Waals surface area contributed by atoms with E-state index in [0.717, 1.165) is 16.8 Å². The van der Waals surface area contributed by atoms with Crippen LogP contribution in [0.1, 0.15) is 11.1 Å². The van der Waals surface area contributed by atoms with Crippen molar-refractivity contribution in [2.75, 3.05) is 19.4 Å². The van der Waals surface area contributed by atoms with Gasteiger partial charge in [0.25, 0.3) is 0 Å². The molecule has 3 N–H and O–H groups in total. The van der Waals surface area contributed by atoms with E-state index in [0.29, 0.717) is 31.3 Å². The van der Waals surface area contributed by atoms with Crippen LogP contribution < -0.4 is 11.1 Å². The lowest BCUT2D eigenvalue weighted by atomic mass is 10.0. The fraction of sp³-hybridized carbons (Fsp3) is 0.333. The van der Waals surface area contributed by atoms with Crippen molar-refractivity contribution in [1.82, 2.24) is 10.2 Å². The molecule has 0 radical (unpaired) electrons. The van der Waals surface area contributed by atoms with Gasteiger partial charge in [-0.2, -0.15) is 0 Å². The van der Waals surface area contributed by atoms with Crippen LogP contribution in [0, 0.1) is 0 Å². The number of carbonyl (C=O) groups excluding carboxylic acids is 1. The third-order valence-corrected chi connectivity index (χ3v) is 3.19. The summed E-state index contributed by atoms with van der Waals surface area (Å²) in [5.74, 6) is 0.600. The topological polar surface area (TPSA) is 80.0 Å². The molecule has 18 heavy (non-hydrogen) atoms. The molecule has 3 rings (SSSR count). The molecule has 1 fully saturated rings. The number of benzene rings is 1. The lowest BCUT2D eigenvalue weighted by Gasteiger charge is -2.25. The highest BCUT2D eigenvalue weighted by atomic mass is 16.5. The van der Waals surface area contributed by atoms with Crippen molar-refractivity contribution in [3.8, 4) is 0 Å². The number of ether oxygens (including phenoxy) is 1. The summed E-state index contributed by atoms with van der Waals surface area (Å²) in [5, 5.41) is 2.74. The number of fused-ring (bicyclic) bond motifs is 2. The van der Waals surface area contributed by atoms with E-state index >= 15 is 0 Å². The van der Waals surface area contributed by atoms with E-state index in [1.165, 1.54) is 0 Å². The minimum absolute atomic E-state index is 0.0252. The Labute approximate surface area is 104 Å². The first kappa shape index (κ1) is 11.0. The van der Waals surface area contributed by atoms with Crippen molar-refractivity contribution in [1.29, 1.82) is 0 Å². The number of hydrogen-bond donors (Lipinski definition) is 2. The molecule has 1 amide bonds. The van der Waals surface area contributed by atoms with Crippen LogP contribution in [-0.2, 0) is 22.7 Å². The van der Waals surface area contributed by atoms with E-state index in [4.69, 9.17) is 10.5 Å². The van der Waals surface area contributed by atoms with Gasteiger partial charge < -0.3 is 15.4 Å². The molecule has 2 aliphatic rings. The number of guanidine groups is 1. The van der Waals surface area contributed by atoms with E-state index < -0.39 is 0 Å². The van der Waals surface area contributed by atoms with E-state index in [2.05, 4.69) is 10.3 Å². The van der Waals surface area contributed by atoms with Gasteiger partial charge in [-0.1, -0.05) is 0 Å². The van der Waals surface area contributed by atoms with Crippen LogP contribution >= 0.6 is 0 Å². The smallest absolute Gasteiger partial charge is 0.246 e. The summed E-state index contributed by atoms with van der Waals surface area (Å²) in [6.07, 6.45) is 0. The highest BCUT2D eigenvalue weighted by Crippen LogP contribution is 2.33. The second-order valence-electron chi connectivity index (χ2n) is 4.40. The van der Waals surface area contributed by atoms with Crippen LogP contribution in [0.5, 0.6) is 0 Å². The Balaban J connectivity index is 2.06. The van der Waals surface area contributed by atoms with Crippen LogP contribution in [0.4, 0.5) is 11.4 Å². The molecule has 0 saturated carbocycles. The highest BCUT2D eigenvalue weighted by molar-refractivity contribution is 6.05. The first-order valence-corrected chi connectivity index (χ1v) is 5.71. The Bertz CT molecular complexity index is 553. The average molecular weight is 246 g/mol. The van der Waals surface area contributed by atoms with Gasteiger partial charge in [0.15, 0.2) is 0 Å². The minimum atomic E-state index is -0.0252. The number of nitrogens with zero attached hydrogens (tertiary/aromatic N) is 2. The Morgan fingerprint density at radius 1 is 1.50 bits per heavy atom. The van der Waals surface area contributed by atoms with Gasteiger partial charge in [0.2, 0.25) is 11.9 Å². The van der Waals surface area contributed by atoms with Gasteiger partial charge in [-0.15, -0.1) is 0 Å². The zero-order valence-corrected chi connectivity index (χ0v) is 10.1. The summed E-state index contributed by atoms with van der Waals surface area (Å²) >= 11 is 0. The molecule has 94 valence electrons. The zero-order chi connectivity index (χ0) is 12.7. The molecule has 6 nitrogen and oxygen atoms in total. The maximum Gasteiger partial charge on any atom is 0.246 e. The Morgan fingerprint density at radius 2 is 2.33 bits per heavy atom. The fourth-order valence-electron chi connectivity index (χ4n) is 2.32. The molecule has 0 aliphatic carbocycles. The summed E-state index contributed by atoms with van der Waals surface area (Å²) in [6, 6.07) is 3.70. The third kappa shape index (κ3) is 1.62. The molecule has 1 saturated heterocycles. The lowest BCUT2D eigenvalue weighted by Crippen LogP contribution is -2.32. The molecule has 0 spiro atoms. The van der Waals surface area contributed by atoms with Crippen LogP contribution in [0.3, 0.4) is 0 Å². The second-order valence-corrected chi connectivity index (χ2v) is 4.40. The number of amides is 1. The molecule has 1 aromatic carbocycles. The molecule has 6 heteroatoms. The van der Waals surface area contributed by atoms with Crippen molar-refractivity contribution in [3.05, 3.63) is 23.3 Å². The van der Waals surface area contributed by atoms with Crippen molar-refractivity contribution in [2.24, 2.45) is 4.99 Å². The zero-order valence-electron chi connectivity index (χ0n) is 10.1. The van der Waals surface area contributed by atoms with E-state index in [1.54, 1.807) is 7.11 Å². The molecule has 0 unspecified atom stereocenters. The second kappa shape index (κ2) is 3.99. The first-order chi connectivity index (χ1) is 8.69. The van der Waals surface area contributed by atoms with Crippen molar-refractivity contribution < 1.29 is 9.53 Å². The number of methoxy groups -OCH3 is 1. The number of aliphatic imine (C=N–C) groups is 1. The number of hydrogen-bond acceptors (Lipinski definition) is 5. The number of rotatable bonds is 2. The summed E-state index contributed by atoms with van der Waals surface area (Å²) in [5.41, 5.74) is 9.51. The van der Waals surface area contributed by atoms with Gasteiger partial charge in [-0.25, -0.2) is 4.99 Å². The third-order valence-electron chi connectivity index (χ3n) is 3.19. The Hall–Kier alpha value is -2.08. The van der Waals surface area contributed by atoms with Crippen LogP contribution in [0.2, 0.25) is 0 Å². The van der Waals surface area contributed by atoms with Crippen LogP contribution in [0.25, 0.3) is 0 Å². The average Bonchev–Trinajstić information content (AvgIpc) is 2.70. The molecule has 1 aromatic rings. The van der Waals surface area contributed by atoms with Crippen LogP contribution in [-0.4, -0.2) is 30.4 Å². The quantitative estimate of drug-likeness (QED) is 0.738. The summed E-state index contributed by atoms with van der Waals surface area (Å²) in [6.45, 7) is 1.44. The molecule has 0 atom stereocenters. The van der Waals surface area contributed by atoms with Crippen molar-refractivity contribution >= 4 is 23.2 Å². The van der Waals surface area contributed by atoms with Gasteiger partial charge in [-0.05, 0) is 12.1 Å². The largest absolute Gasteiger partial charge is 0.398 e. The predicted octanol–water partition coefficient (Wildman–Crippen LogP) is 0.348. The first-order valence-electron chi connectivity index (χ1n) is 5.71. The van der Waals surface area contributed by atoms with Crippen LogP contribution in [0.15, 0.2) is 17.1 Å². The monoisotopic (exact) mass is 246 g/mol. The number of nitrogens with two attached hydrogens (primary N) is 1. The minimum Gasteiger partial charge on any atom is -0.398 e. The van der Waals surface area contributed by atoms with Gasteiger partial charge in [0.05, 0.1) is 12.3 Å². The molecule has 2 aliphatic heterocycles. The fourth-order valence-corrected chi connectivity index (χ4v) is 2.32. The molecule has 2 heterocycles. The van der Waals surface area contributed by atoms with E-state index in [-0.39, 0.29) is 5.91 Å².